The Labute approximate surface area is 141 Å². The van der Waals surface area contributed by atoms with E-state index in [1.807, 2.05) is 56.3 Å². The van der Waals surface area contributed by atoms with E-state index < -0.39 is 18.3 Å². The molecule has 2 aromatic rings. The average Bonchev–Trinajstić information content (AvgIpc) is 2.60. The van der Waals surface area contributed by atoms with Gasteiger partial charge < -0.3 is 20.3 Å². The number of hydrogen-bond acceptors (Lipinski definition) is 4. The molecule has 0 saturated carbocycles. The molecule has 5 nitrogen and oxygen atoms in total. The van der Waals surface area contributed by atoms with Gasteiger partial charge in [0.2, 0.25) is 0 Å². The highest BCUT2D eigenvalue weighted by molar-refractivity contribution is 5.67. The number of aryl methyl sites for hydroxylation is 1. The molecule has 2 atom stereocenters. The molecule has 2 aromatic carbocycles. The number of nitrogens with one attached hydrogen (secondary N) is 1. The Balaban J connectivity index is 1.82. The smallest absolute Gasteiger partial charge is 0.407 e. The molecule has 2 unspecified atom stereocenters. The van der Waals surface area contributed by atoms with Crippen molar-refractivity contribution < 1.29 is 19.7 Å². The number of rotatable bonds is 6. The summed E-state index contributed by atoms with van der Waals surface area (Å²) >= 11 is 0. The molecular formula is C19H23NO4. The molecule has 0 aliphatic carbocycles. The van der Waals surface area contributed by atoms with Crippen LogP contribution in [-0.4, -0.2) is 29.0 Å². The highest BCUT2D eigenvalue weighted by atomic mass is 16.5. The van der Waals surface area contributed by atoms with Crippen molar-refractivity contribution in [1.29, 1.82) is 0 Å². The van der Waals surface area contributed by atoms with E-state index in [0.717, 1.165) is 16.7 Å². The van der Waals surface area contributed by atoms with Crippen LogP contribution in [0.25, 0.3) is 0 Å². The number of aliphatic hydroxyl groups is 2. The predicted molar refractivity (Wildman–Crippen MR) is 91.5 cm³/mol. The summed E-state index contributed by atoms with van der Waals surface area (Å²) in [5.41, 5.74) is 3.50. The topological polar surface area (TPSA) is 78.8 Å². The Hall–Kier alpha value is -2.37. The van der Waals surface area contributed by atoms with Crippen molar-refractivity contribution in [3.8, 4) is 0 Å². The molecule has 24 heavy (non-hydrogen) atoms. The van der Waals surface area contributed by atoms with Gasteiger partial charge in [0.05, 0.1) is 0 Å². The number of aliphatic hydroxyl groups excluding tert-OH is 2. The Morgan fingerprint density at radius 2 is 1.79 bits per heavy atom. The standard InChI is InChI=1S/C19H23NO4/c1-13-7-6-10-16(14(13)2)18(22)17(21)11-20-19(23)24-12-15-8-4-3-5-9-15/h3-10,17-18,21-22H,11-12H2,1-2H3,(H,20,23). The van der Waals surface area contributed by atoms with Crippen LogP contribution in [0.5, 0.6) is 0 Å². The summed E-state index contributed by atoms with van der Waals surface area (Å²) in [5.74, 6) is 0. The zero-order valence-electron chi connectivity index (χ0n) is 13.9. The third kappa shape index (κ3) is 4.81. The lowest BCUT2D eigenvalue weighted by atomic mass is 9.96. The van der Waals surface area contributed by atoms with Crippen molar-refractivity contribution in [1.82, 2.24) is 5.32 Å². The minimum absolute atomic E-state index is 0.0951. The van der Waals surface area contributed by atoms with Gasteiger partial charge in [-0.2, -0.15) is 0 Å². The minimum Gasteiger partial charge on any atom is -0.445 e. The first-order valence-corrected chi connectivity index (χ1v) is 7.86. The van der Waals surface area contributed by atoms with Crippen LogP contribution in [-0.2, 0) is 11.3 Å². The van der Waals surface area contributed by atoms with Gasteiger partial charge in [0.15, 0.2) is 0 Å². The van der Waals surface area contributed by atoms with Gasteiger partial charge in [-0.25, -0.2) is 4.79 Å². The van der Waals surface area contributed by atoms with Gasteiger partial charge in [0.25, 0.3) is 0 Å². The molecule has 1 amide bonds. The van der Waals surface area contributed by atoms with Crippen LogP contribution < -0.4 is 5.32 Å². The molecule has 0 aromatic heterocycles. The van der Waals surface area contributed by atoms with Gasteiger partial charge in [-0.1, -0.05) is 48.5 Å². The van der Waals surface area contributed by atoms with Crippen molar-refractivity contribution in [2.45, 2.75) is 32.7 Å². The van der Waals surface area contributed by atoms with Gasteiger partial charge in [0.1, 0.15) is 18.8 Å². The fourth-order valence-corrected chi connectivity index (χ4v) is 2.38. The average molecular weight is 329 g/mol. The molecule has 0 bridgehead atoms. The summed E-state index contributed by atoms with van der Waals surface area (Å²) in [4.78, 5) is 11.7. The van der Waals surface area contributed by atoms with E-state index in [-0.39, 0.29) is 13.2 Å². The quantitative estimate of drug-likeness (QED) is 0.761. The minimum atomic E-state index is -1.12. The van der Waals surface area contributed by atoms with Crippen LogP contribution in [0.2, 0.25) is 0 Å². The number of alkyl carbamates (subject to hydrolysis) is 1. The van der Waals surface area contributed by atoms with Crippen LogP contribution in [0.15, 0.2) is 48.5 Å². The summed E-state index contributed by atoms with van der Waals surface area (Å²) in [6.07, 6.45) is -2.82. The van der Waals surface area contributed by atoms with Gasteiger partial charge in [0, 0.05) is 6.54 Å². The summed E-state index contributed by atoms with van der Waals surface area (Å²) in [6, 6.07) is 14.9. The summed E-state index contributed by atoms with van der Waals surface area (Å²) in [5, 5.41) is 22.8. The third-order valence-electron chi connectivity index (χ3n) is 4.00. The molecule has 128 valence electrons. The monoisotopic (exact) mass is 329 g/mol. The first-order valence-electron chi connectivity index (χ1n) is 7.86. The van der Waals surface area contributed by atoms with Crippen molar-refractivity contribution >= 4 is 6.09 Å². The van der Waals surface area contributed by atoms with Gasteiger partial charge >= 0.3 is 6.09 Å². The molecule has 0 heterocycles. The number of amides is 1. The first-order chi connectivity index (χ1) is 11.5. The molecular weight excluding hydrogens is 306 g/mol. The van der Waals surface area contributed by atoms with Crippen LogP contribution in [0.4, 0.5) is 4.79 Å². The zero-order valence-corrected chi connectivity index (χ0v) is 13.9. The second kappa shape index (κ2) is 8.47. The Bertz CT molecular complexity index is 672. The molecule has 5 heteroatoms. The Morgan fingerprint density at radius 1 is 1.08 bits per heavy atom. The highest BCUT2D eigenvalue weighted by Gasteiger charge is 2.21. The number of carbonyl (C=O) groups excluding carboxylic acids is 1. The van der Waals surface area contributed by atoms with Gasteiger partial charge in [-0.05, 0) is 36.1 Å². The molecule has 0 aliphatic heterocycles. The molecule has 0 spiro atoms. The molecule has 0 aliphatic rings. The fraction of sp³-hybridized carbons (Fsp3) is 0.316. The van der Waals surface area contributed by atoms with E-state index in [1.54, 1.807) is 6.07 Å². The van der Waals surface area contributed by atoms with E-state index >= 15 is 0 Å². The number of hydrogen-bond donors (Lipinski definition) is 3. The summed E-state index contributed by atoms with van der Waals surface area (Å²) in [6.45, 7) is 3.89. The van der Waals surface area contributed by atoms with Crippen LogP contribution in [0, 0.1) is 13.8 Å². The maximum Gasteiger partial charge on any atom is 0.407 e. The van der Waals surface area contributed by atoms with Crippen LogP contribution in [0.3, 0.4) is 0 Å². The first kappa shape index (κ1) is 18.0. The number of benzene rings is 2. The third-order valence-corrected chi connectivity index (χ3v) is 4.00. The molecule has 0 saturated heterocycles. The molecule has 0 fully saturated rings. The van der Waals surface area contributed by atoms with Crippen molar-refractivity contribution in [3.63, 3.8) is 0 Å². The second-order valence-electron chi connectivity index (χ2n) is 5.74. The van der Waals surface area contributed by atoms with E-state index in [0.29, 0.717) is 5.56 Å². The van der Waals surface area contributed by atoms with Crippen molar-refractivity contribution in [2.24, 2.45) is 0 Å². The summed E-state index contributed by atoms with van der Waals surface area (Å²) < 4.78 is 5.06. The lowest BCUT2D eigenvalue weighted by Crippen LogP contribution is -2.36. The predicted octanol–water partition coefficient (Wildman–Crippen LogP) is 2.62. The fourth-order valence-electron chi connectivity index (χ4n) is 2.38. The zero-order chi connectivity index (χ0) is 17.5. The second-order valence-corrected chi connectivity index (χ2v) is 5.74. The lowest BCUT2D eigenvalue weighted by Gasteiger charge is -2.21. The SMILES string of the molecule is Cc1cccc(C(O)C(O)CNC(=O)OCc2ccccc2)c1C. The van der Waals surface area contributed by atoms with Crippen molar-refractivity contribution in [3.05, 3.63) is 70.8 Å². The molecule has 3 N–H and O–H groups in total. The summed E-state index contributed by atoms with van der Waals surface area (Å²) in [7, 11) is 0. The van der Waals surface area contributed by atoms with Gasteiger partial charge in [-0.3, -0.25) is 0 Å². The van der Waals surface area contributed by atoms with Crippen LogP contribution in [0.1, 0.15) is 28.4 Å². The van der Waals surface area contributed by atoms with Gasteiger partial charge in [-0.15, -0.1) is 0 Å². The Morgan fingerprint density at radius 3 is 2.50 bits per heavy atom. The van der Waals surface area contributed by atoms with E-state index in [2.05, 4.69) is 5.32 Å². The van der Waals surface area contributed by atoms with Crippen LogP contribution >= 0.6 is 0 Å². The number of ether oxygens (including phenoxy) is 1. The largest absolute Gasteiger partial charge is 0.445 e. The maximum atomic E-state index is 11.7. The molecule has 0 radical (unpaired) electrons. The van der Waals surface area contributed by atoms with Crippen molar-refractivity contribution in [2.75, 3.05) is 6.54 Å². The van der Waals surface area contributed by atoms with E-state index in [9.17, 15) is 15.0 Å². The number of carbonyl (C=O) groups is 1. The normalized spacial score (nSPS) is 13.2. The molecule has 2 rings (SSSR count). The lowest BCUT2D eigenvalue weighted by molar-refractivity contribution is 0.0180. The van der Waals surface area contributed by atoms with E-state index in [4.69, 9.17) is 4.74 Å². The Kier molecular flexibility index (Phi) is 6.35. The van der Waals surface area contributed by atoms with E-state index in [1.165, 1.54) is 0 Å². The highest BCUT2D eigenvalue weighted by Crippen LogP contribution is 2.22. The maximum absolute atomic E-state index is 11.7.